The van der Waals surface area contributed by atoms with Crippen LogP contribution in [0, 0.1) is 5.92 Å². The molecule has 0 amide bonds. The Morgan fingerprint density at radius 2 is 2.38 bits per heavy atom. The zero-order chi connectivity index (χ0) is 9.68. The topological polar surface area (TPSA) is 50.4 Å². The van der Waals surface area contributed by atoms with Crippen molar-refractivity contribution in [2.45, 2.75) is 39.2 Å². The van der Waals surface area contributed by atoms with E-state index in [2.05, 4.69) is 17.2 Å². The maximum absolute atomic E-state index is 5.66. The second-order valence-corrected chi connectivity index (χ2v) is 4.12. The van der Waals surface area contributed by atoms with Gasteiger partial charge in [-0.2, -0.15) is 0 Å². The summed E-state index contributed by atoms with van der Waals surface area (Å²) >= 11 is 0. The zero-order valence-electron chi connectivity index (χ0n) is 8.71. The molecule has 0 fully saturated rings. The Morgan fingerprint density at radius 1 is 1.62 bits per heavy atom. The van der Waals surface area contributed by atoms with Crippen LogP contribution in [0.25, 0.3) is 0 Å². The molecule has 13 heavy (non-hydrogen) atoms. The van der Waals surface area contributed by atoms with Gasteiger partial charge in [0.15, 0.2) is 0 Å². The van der Waals surface area contributed by atoms with E-state index < -0.39 is 0 Å². The van der Waals surface area contributed by atoms with Crippen LogP contribution in [0.3, 0.4) is 0 Å². The predicted molar refractivity (Wildman–Crippen MR) is 57.0 cm³/mol. The Kier molecular flexibility index (Phi) is 4.22. The summed E-state index contributed by atoms with van der Waals surface area (Å²) < 4.78 is 0. The molecule has 1 aliphatic heterocycles. The summed E-state index contributed by atoms with van der Waals surface area (Å²) in [4.78, 5) is 4.50. The number of nitrogens with one attached hydrogen (secondary N) is 1. The Balaban J connectivity index is 2.28. The lowest BCUT2D eigenvalue weighted by Crippen LogP contribution is -2.35. The summed E-state index contributed by atoms with van der Waals surface area (Å²) in [5, 5.41) is 3.31. The molecule has 0 saturated carbocycles. The van der Waals surface area contributed by atoms with Crippen molar-refractivity contribution < 1.29 is 0 Å². The van der Waals surface area contributed by atoms with E-state index in [4.69, 9.17) is 5.73 Å². The summed E-state index contributed by atoms with van der Waals surface area (Å²) in [6.45, 7) is 6.12. The van der Waals surface area contributed by atoms with Gasteiger partial charge in [0.25, 0.3) is 0 Å². The smallest absolute Gasteiger partial charge is 0.0963 e. The van der Waals surface area contributed by atoms with Gasteiger partial charge in [-0.3, -0.25) is 4.99 Å². The van der Waals surface area contributed by atoms with Crippen molar-refractivity contribution in [3.05, 3.63) is 0 Å². The fraction of sp³-hybridized carbons (Fsp3) is 0.900. The van der Waals surface area contributed by atoms with Crippen LogP contribution in [0.4, 0.5) is 0 Å². The van der Waals surface area contributed by atoms with Crippen LogP contribution in [0.5, 0.6) is 0 Å². The molecule has 0 aliphatic carbocycles. The van der Waals surface area contributed by atoms with Crippen LogP contribution < -0.4 is 11.1 Å². The molecule has 76 valence electrons. The second kappa shape index (κ2) is 5.22. The van der Waals surface area contributed by atoms with E-state index in [9.17, 15) is 0 Å². The Hall–Kier alpha value is -0.570. The highest BCUT2D eigenvalue weighted by atomic mass is 15.0. The van der Waals surface area contributed by atoms with Gasteiger partial charge in [0.05, 0.1) is 5.84 Å². The largest absolute Gasteiger partial charge is 0.372 e. The lowest BCUT2D eigenvalue weighted by atomic mass is 10.0. The van der Waals surface area contributed by atoms with Crippen LogP contribution in [0.2, 0.25) is 0 Å². The minimum Gasteiger partial charge on any atom is -0.372 e. The molecule has 1 aliphatic rings. The minimum atomic E-state index is 0.211. The maximum Gasteiger partial charge on any atom is 0.0963 e. The number of rotatable bonds is 2. The molecular weight excluding hydrogens is 162 g/mol. The molecule has 0 aromatic heterocycles. The Morgan fingerprint density at radius 3 is 3.08 bits per heavy atom. The molecular formula is C10H21N3. The number of hydrogen-bond acceptors (Lipinski definition) is 3. The predicted octanol–water partition coefficient (Wildman–Crippen LogP) is 1.14. The molecule has 1 heterocycles. The van der Waals surface area contributed by atoms with E-state index in [1.807, 2.05) is 6.92 Å². The number of amidine groups is 1. The summed E-state index contributed by atoms with van der Waals surface area (Å²) in [6, 6.07) is 0.211. The van der Waals surface area contributed by atoms with Crippen LogP contribution in [-0.2, 0) is 0 Å². The van der Waals surface area contributed by atoms with Gasteiger partial charge in [-0.15, -0.1) is 0 Å². The van der Waals surface area contributed by atoms with Gasteiger partial charge in [0, 0.05) is 25.6 Å². The van der Waals surface area contributed by atoms with Crippen LogP contribution in [0.15, 0.2) is 4.99 Å². The van der Waals surface area contributed by atoms with Crippen molar-refractivity contribution in [3.63, 3.8) is 0 Å². The Labute approximate surface area is 80.8 Å². The molecule has 0 radical (unpaired) electrons. The molecule has 1 rings (SSSR count). The SMILES string of the molecule is CC(N)CNC1=NCCC(C)CC1. The monoisotopic (exact) mass is 183 g/mol. The van der Waals surface area contributed by atoms with E-state index in [-0.39, 0.29) is 6.04 Å². The highest BCUT2D eigenvalue weighted by molar-refractivity contribution is 5.82. The zero-order valence-corrected chi connectivity index (χ0v) is 8.71. The summed E-state index contributed by atoms with van der Waals surface area (Å²) in [7, 11) is 0. The number of hydrogen-bond donors (Lipinski definition) is 2. The second-order valence-electron chi connectivity index (χ2n) is 4.12. The average Bonchev–Trinajstić information content (AvgIpc) is 2.27. The first-order valence-corrected chi connectivity index (χ1v) is 5.21. The van der Waals surface area contributed by atoms with Crippen molar-refractivity contribution >= 4 is 5.84 Å². The van der Waals surface area contributed by atoms with Crippen LogP contribution in [-0.4, -0.2) is 25.0 Å². The van der Waals surface area contributed by atoms with Crippen molar-refractivity contribution in [1.82, 2.24) is 5.32 Å². The number of nitrogens with zero attached hydrogens (tertiary/aromatic N) is 1. The van der Waals surface area contributed by atoms with Crippen molar-refractivity contribution in [1.29, 1.82) is 0 Å². The third-order valence-electron chi connectivity index (χ3n) is 2.43. The Bertz CT molecular complexity index is 175. The molecule has 0 aromatic rings. The van der Waals surface area contributed by atoms with E-state index >= 15 is 0 Å². The van der Waals surface area contributed by atoms with Crippen molar-refractivity contribution in [2.75, 3.05) is 13.1 Å². The van der Waals surface area contributed by atoms with E-state index in [0.29, 0.717) is 0 Å². The van der Waals surface area contributed by atoms with Gasteiger partial charge in [0.2, 0.25) is 0 Å². The third-order valence-corrected chi connectivity index (χ3v) is 2.43. The lowest BCUT2D eigenvalue weighted by molar-refractivity contribution is 0.522. The summed E-state index contributed by atoms with van der Waals surface area (Å²) in [5.41, 5.74) is 5.66. The molecule has 3 heteroatoms. The van der Waals surface area contributed by atoms with Gasteiger partial charge in [0.1, 0.15) is 0 Å². The highest BCUT2D eigenvalue weighted by Crippen LogP contribution is 2.13. The van der Waals surface area contributed by atoms with E-state index in [0.717, 1.165) is 31.3 Å². The average molecular weight is 183 g/mol. The summed E-state index contributed by atoms with van der Waals surface area (Å²) in [6.07, 6.45) is 3.57. The molecule has 0 saturated heterocycles. The first-order chi connectivity index (χ1) is 6.18. The highest BCUT2D eigenvalue weighted by Gasteiger charge is 2.09. The molecule has 3 nitrogen and oxygen atoms in total. The fourth-order valence-electron chi connectivity index (χ4n) is 1.45. The minimum absolute atomic E-state index is 0.211. The summed E-state index contributed by atoms with van der Waals surface area (Å²) in [5.74, 6) is 1.97. The lowest BCUT2D eigenvalue weighted by Gasteiger charge is -2.10. The van der Waals surface area contributed by atoms with Crippen LogP contribution in [0.1, 0.15) is 33.1 Å². The van der Waals surface area contributed by atoms with E-state index in [1.165, 1.54) is 12.8 Å². The molecule has 0 spiro atoms. The first kappa shape index (κ1) is 10.5. The first-order valence-electron chi connectivity index (χ1n) is 5.21. The third kappa shape index (κ3) is 4.27. The van der Waals surface area contributed by atoms with Crippen LogP contribution >= 0.6 is 0 Å². The fourth-order valence-corrected chi connectivity index (χ4v) is 1.45. The maximum atomic E-state index is 5.66. The van der Waals surface area contributed by atoms with Gasteiger partial charge in [-0.05, 0) is 25.7 Å². The standard InChI is InChI=1S/C10H21N3/c1-8-3-4-10(12-6-5-8)13-7-9(2)11/h8-9H,3-7,11H2,1-2H3,(H,12,13). The van der Waals surface area contributed by atoms with Crippen molar-refractivity contribution in [2.24, 2.45) is 16.6 Å². The van der Waals surface area contributed by atoms with Gasteiger partial charge < -0.3 is 11.1 Å². The van der Waals surface area contributed by atoms with Gasteiger partial charge in [-0.25, -0.2) is 0 Å². The quantitative estimate of drug-likeness (QED) is 0.674. The van der Waals surface area contributed by atoms with Crippen molar-refractivity contribution in [3.8, 4) is 0 Å². The number of aliphatic imine (C=N–C) groups is 1. The molecule has 0 aromatic carbocycles. The molecule has 2 unspecified atom stereocenters. The van der Waals surface area contributed by atoms with Gasteiger partial charge >= 0.3 is 0 Å². The normalized spacial score (nSPS) is 26.1. The van der Waals surface area contributed by atoms with Gasteiger partial charge in [-0.1, -0.05) is 6.92 Å². The molecule has 2 atom stereocenters. The molecule has 3 N–H and O–H groups in total. The number of nitrogens with two attached hydrogens (primary N) is 1. The molecule has 0 bridgehead atoms. The van der Waals surface area contributed by atoms with E-state index in [1.54, 1.807) is 0 Å².